The molecule has 0 unspecified atom stereocenters. The van der Waals surface area contributed by atoms with E-state index in [0.717, 1.165) is 6.08 Å². The highest BCUT2D eigenvalue weighted by Gasteiger charge is 2.30. The van der Waals surface area contributed by atoms with Gasteiger partial charge in [0.2, 0.25) is 5.79 Å². The third-order valence-corrected chi connectivity index (χ3v) is 1.33. The second-order valence-electron chi connectivity index (χ2n) is 3.10. The number of rotatable bonds is 2. The van der Waals surface area contributed by atoms with Crippen molar-refractivity contribution in [2.24, 2.45) is 0 Å². The summed E-state index contributed by atoms with van der Waals surface area (Å²) in [6.07, 6.45) is 0.734. The van der Waals surface area contributed by atoms with Crippen molar-refractivity contribution in [3.8, 4) is 0 Å². The normalized spacial score (nSPS) is 19.8. The zero-order valence-corrected chi connectivity index (χ0v) is 7.36. The van der Waals surface area contributed by atoms with Crippen molar-refractivity contribution in [1.82, 2.24) is 0 Å². The van der Waals surface area contributed by atoms with Gasteiger partial charge in [-0.25, -0.2) is 4.79 Å². The number of hydrogen-bond acceptors (Lipinski definition) is 4. The molecular formula is C8H10O5. The quantitative estimate of drug-likeness (QED) is 0.641. The van der Waals surface area contributed by atoms with Gasteiger partial charge in [-0.15, -0.1) is 0 Å². The van der Waals surface area contributed by atoms with Gasteiger partial charge in [0.1, 0.15) is 12.2 Å². The number of ether oxygens (including phenoxy) is 2. The summed E-state index contributed by atoms with van der Waals surface area (Å²) in [7, 11) is 0. The predicted molar refractivity (Wildman–Crippen MR) is 41.6 cm³/mol. The Bertz CT molecular complexity index is 276. The van der Waals surface area contributed by atoms with Crippen LogP contribution in [0.5, 0.6) is 0 Å². The Kier molecular flexibility index (Phi) is 2.27. The third-order valence-electron chi connectivity index (χ3n) is 1.33. The Morgan fingerprint density at radius 3 is 2.62 bits per heavy atom. The molecule has 0 amide bonds. The van der Waals surface area contributed by atoms with E-state index >= 15 is 0 Å². The largest absolute Gasteiger partial charge is 0.481 e. The number of hydrogen-bond donors (Lipinski definition) is 1. The summed E-state index contributed by atoms with van der Waals surface area (Å²) in [4.78, 5) is 21.2. The molecule has 0 aromatic carbocycles. The molecule has 13 heavy (non-hydrogen) atoms. The summed E-state index contributed by atoms with van der Waals surface area (Å²) in [5.74, 6) is -2.57. The SMILES string of the molecule is CC1(C)OC(=O)C=C(CC(=O)O)O1. The van der Waals surface area contributed by atoms with Gasteiger partial charge in [0.15, 0.2) is 0 Å². The second-order valence-corrected chi connectivity index (χ2v) is 3.10. The van der Waals surface area contributed by atoms with E-state index in [1.165, 1.54) is 0 Å². The molecule has 1 rings (SSSR count). The average Bonchev–Trinajstić information content (AvgIpc) is 1.78. The van der Waals surface area contributed by atoms with E-state index in [9.17, 15) is 9.59 Å². The fourth-order valence-corrected chi connectivity index (χ4v) is 1.01. The number of carbonyl (C=O) groups is 2. The average molecular weight is 186 g/mol. The number of esters is 1. The molecule has 0 fully saturated rings. The number of aliphatic carboxylic acids is 1. The predicted octanol–water partition coefficient (Wildman–Crippen LogP) is 0.654. The van der Waals surface area contributed by atoms with Gasteiger partial charge in [-0.3, -0.25) is 4.79 Å². The van der Waals surface area contributed by atoms with Crippen LogP contribution < -0.4 is 0 Å². The lowest BCUT2D eigenvalue weighted by Gasteiger charge is -2.30. The summed E-state index contributed by atoms with van der Waals surface area (Å²) in [5, 5.41) is 8.45. The fraction of sp³-hybridized carbons (Fsp3) is 0.500. The molecule has 0 aromatic rings. The zero-order valence-electron chi connectivity index (χ0n) is 7.36. The summed E-state index contributed by atoms with van der Waals surface area (Å²) in [6.45, 7) is 3.08. The van der Waals surface area contributed by atoms with Crippen molar-refractivity contribution in [2.75, 3.05) is 0 Å². The topological polar surface area (TPSA) is 72.8 Å². The van der Waals surface area contributed by atoms with Crippen molar-refractivity contribution in [3.63, 3.8) is 0 Å². The molecule has 0 aromatic heterocycles. The first-order valence-corrected chi connectivity index (χ1v) is 3.73. The smallest absolute Gasteiger partial charge is 0.337 e. The minimum absolute atomic E-state index is 0.119. The molecule has 0 spiro atoms. The van der Waals surface area contributed by atoms with Gasteiger partial charge in [-0.2, -0.15) is 0 Å². The van der Waals surface area contributed by atoms with Crippen molar-refractivity contribution in [1.29, 1.82) is 0 Å². The van der Waals surface area contributed by atoms with Crippen molar-refractivity contribution >= 4 is 11.9 Å². The van der Waals surface area contributed by atoms with Crippen LogP contribution >= 0.6 is 0 Å². The van der Waals surface area contributed by atoms with Crippen molar-refractivity contribution < 1.29 is 24.2 Å². The monoisotopic (exact) mass is 186 g/mol. The van der Waals surface area contributed by atoms with Gasteiger partial charge in [-0.05, 0) is 0 Å². The van der Waals surface area contributed by atoms with E-state index in [1.807, 2.05) is 0 Å². The number of carboxylic acid groups (broad SMARTS) is 1. The minimum Gasteiger partial charge on any atom is -0.481 e. The van der Waals surface area contributed by atoms with Gasteiger partial charge in [0.05, 0.1) is 6.08 Å². The van der Waals surface area contributed by atoms with Gasteiger partial charge in [-0.1, -0.05) is 0 Å². The first-order chi connectivity index (χ1) is 5.89. The van der Waals surface area contributed by atoms with E-state index in [-0.39, 0.29) is 12.2 Å². The van der Waals surface area contributed by atoms with Crippen LogP contribution in [0.2, 0.25) is 0 Å². The first-order valence-electron chi connectivity index (χ1n) is 3.73. The molecule has 0 saturated carbocycles. The Morgan fingerprint density at radius 2 is 2.15 bits per heavy atom. The van der Waals surface area contributed by atoms with Crippen LogP contribution in [-0.2, 0) is 19.1 Å². The molecule has 1 heterocycles. The van der Waals surface area contributed by atoms with E-state index in [0.29, 0.717) is 0 Å². The lowest BCUT2D eigenvalue weighted by Crippen LogP contribution is -2.34. The van der Waals surface area contributed by atoms with E-state index in [2.05, 4.69) is 0 Å². The van der Waals surface area contributed by atoms with Crippen LogP contribution in [0.1, 0.15) is 20.3 Å². The fourth-order valence-electron chi connectivity index (χ4n) is 1.01. The lowest BCUT2D eigenvalue weighted by molar-refractivity contribution is -0.206. The molecule has 1 N–H and O–H groups in total. The van der Waals surface area contributed by atoms with Gasteiger partial charge >= 0.3 is 11.9 Å². The van der Waals surface area contributed by atoms with Crippen LogP contribution in [0.4, 0.5) is 0 Å². The molecule has 0 radical (unpaired) electrons. The minimum atomic E-state index is -1.07. The summed E-state index contributed by atoms with van der Waals surface area (Å²) in [6, 6.07) is 0. The molecular weight excluding hydrogens is 176 g/mol. The van der Waals surface area contributed by atoms with Crippen molar-refractivity contribution in [2.45, 2.75) is 26.1 Å². The highest BCUT2D eigenvalue weighted by Crippen LogP contribution is 2.23. The molecule has 0 atom stereocenters. The van der Waals surface area contributed by atoms with Gasteiger partial charge < -0.3 is 14.6 Å². The highest BCUT2D eigenvalue weighted by molar-refractivity contribution is 5.84. The Morgan fingerprint density at radius 1 is 1.54 bits per heavy atom. The molecule has 72 valence electrons. The standard InChI is InChI=1S/C8H10O5/c1-8(2)12-5(3-6(9)10)4-7(11)13-8/h4H,3H2,1-2H3,(H,9,10). The molecule has 1 aliphatic heterocycles. The van der Waals surface area contributed by atoms with E-state index in [4.69, 9.17) is 14.6 Å². The zero-order chi connectivity index (χ0) is 10.1. The molecule has 0 aliphatic carbocycles. The third kappa shape index (κ3) is 2.77. The molecule has 1 aliphatic rings. The van der Waals surface area contributed by atoms with Crippen LogP contribution in [-0.4, -0.2) is 22.8 Å². The maximum absolute atomic E-state index is 10.9. The summed E-state index contributed by atoms with van der Waals surface area (Å²) >= 11 is 0. The Hall–Kier alpha value is -1.52. The highest BCUT2D eigenvalue weighted by atomic mass is 16.7. The summed E-state index contributed by atoms with van der Waals surface area (Å²) in [5.41, 5.74) is 0. The van der Waals surface area contributed by atoms with Crippen molar-refractivity contribution in [3.05, 3.63) is 11.8 Å². The maximum atomic E-state index is 10.9. The Labute approximate surface area is 74.9 Å². The second kappa shape index (κ2) is 3.08. The van der Waals surface area contributed by atoms with E-state index < -0.39 is 17.7 Å². The number of carboxylic acids is 1. The number of carbonyl (C=O) groups excluding carboxylic acids is 1. The van der Waals surface area contributed by atoms with Crippen LogP contribution in [0.15, 0.2) is 11.8 Å². The Balaban J connectivity index is 2.75. The van der Waals surface area contributed by atoms with Crippen LogP contribution in [0.25, 0.3) is 0 Å². The molecule has 0 saturated heterocycles. The van der Waals surface area contributed by atoms with Crippen LogP contribution in [0.3, 0.4) is 0 Å². The molecule has 0 bridgehead atoms. The lowest BCUT2D eigenvalue weighted by atomic mass is 10.2. The van der Waals surface area contributed by atoms with Crippen LogP contribution in [0, 0.1) is 0 Å². The van der Waals surface area contributed by atoms with E-state index in [1.54, 1.807) is 13.8 Å². The van der Waals surface area contributed by atoms with Gasteiger partial charge in [0, 0.05) is 13.8 Å². The van der Waals surface area contributed by atoms with Gasteiger partial charge in [0.25, 0.3) is 0 Å². The molecule has 5 heteroatoms. The maximum Gasteiger partial charge on any atom is 0.337 e. The first kappa shape index (κ1) is 9.57. The number of cyclic esters (lactones) is 1. The molecule has 5 nitrogen and oxygen atoms in total. The summed E-state index contributed by atoms with van der Waals surface area (Å²) < 4.78 is 9.85.